The molecule has 0 spiro atoms. The Morgan fingerprint density at radius 3 is 3.05 bits per heavy atom. The summed E-state index contributed by atoms with van der Waals surface area (Å²) >= 11 is 9.12. The first-order chi connectivity index (χ1) is 10.7. The molecule has 22 heavy (non-hydrogen) atoms. The van der Waals surface area contributed by atoms with Crippen molar-refractivity contribution < 1.29 is 0 Å². The fourth-order valence-electron chi connectivity index (χ4n) is 2.71. The van der Waals surface area contributed by atoms with Crippen molar-refractivity contribution in [2.75, 3.05) is 0 Å². The van der Waals surface area contributed by atoms with Crippen molar-refractivity contribution in [3.63, 3.8) is 0 Å². The van der Waals surface area contributed by atoms with Crippen molar-refractivity contribution in [3.05, 3.63) is 37.7 Å². The maximum Gasteiger partial charge on any atom is 0.260 e. The molecule has 1 N–H and O–H groups in total. The molecule has 8 heteroatoms. The molecule has 0 aliphatic heterocycles. The fraction of sp³-hybridized carbons (Fsp3) is 0.286. The molecule has 5 nitrogen and oxygen atoms in total. The number of aryl methyl sites for hydroxylation is 2. The van der Waals surface area contributed by atoms with Crippen molar-refractivity contribution in [1.82, 2.24) is 19.6 Å². The number of nitrogens with zero attached hydrogens (tertiary/aromatic N) is 3. The van der Waals surface area contributed by atoms with E-state index in [1.807, 2.05) is 0 Å². The van der Waals surface area contributed by atoms with Crippen LogP contribution in [0.1, 0.15) is 34.8 Å². The molecule has 112 valence electrons. The van der Waals surface area contributed by atoms with Crippen LogP contribution in [-0.2, 0) is 12.8 Å². The van der Waals surface area contributed by atoms with Crippen LogP contribution in [0, 0.1) is 0 Å². The minimum atomic E-state index is -0.109. The average molecular weight is 351 g/mol. The Hall–Kier alpha value is -1.57. The molecule has 0 saturated carbocycles. The molecule has 3 aromatic rings. The second-order valence-corrected chi connectivity index (χ2v) is 7.23. The highest BCUT2D eigenvalue weighted by Gasteiger charge is 2.20. The van der Waals surface area contributed by atoms with E-state index in [2.05, 4.69) is 19.6 Å². The van der Waals surface area contributed by atoms with Crippen LogP contribution < -0.4 is 5.56 Å². The molecule has 0 amide bonds. The third kappa shape index (κ3) is 2.39. The standard InChI is InChI=1S/C14H11ClN4OS2/c15-9(5-7-6-21-19-18-7)12-16-13(20)11-8-3-1-2-4-10(8)22-14(11)17-12/h5-6H,1-4H2,(H,16,17,20)/b9-5-. The number of halogens is 1. The molecule has 1 aliphatic rings. The lowest BCUT2D eigenvalue weighted by Crippen LogP contribution is -2.12. The smallest absolute Gasteiger partial charge is 0.260 e. The second-order valence-electron chi connectivity index (χ2n) is 5.13. The number of H-pyrrole nitrogens is 1. The second kappa shape index (κ2) is 5.57. The molecule has 0 saturated heterocycles. The predicted octanol–water partition coefficient (Wildman–Crippen LogP) is 3.45. The van der Waals surface area contributed by atoms with Gasteiger partial charge in [0.2, 0.25) is 0 Å². The first-order valence-corrected chi connectivity index (χ1v) is 8.94. The molecule has 0 aromatic carbocycles. The minimum Gasteiger partial charge on any atom is -0.305 e. The van der Waals surface area contributed by atoms with Crippen LogP contribution in [0.2, 0.25) is 0 Å². The molecule has 0 fully saturated rings. The number of aromatic nitrogens is 4. The van der Waals surface area contributed by atoms with Gasteiger partial charge in [-0.2, -0.15) is 0 Å². The van der Waals surface area contributed by atoms with Gasteiger partial charge in [0.05, 0.1) is 16.1 Å². The van der Waals surface area contributed by atoms with E-state index in [0.29, 0.717) is 16.6 Å². The maximum atomic E-state index is 12.4. The van der Waals surface area contributed by atoms with Crippen LogP contribution in [0.3, 0.4) is 0 Å². The Morgan fingerprint density at radius 1 is 1.36 bits per heavy atom. The van der Waals surface area contributed by atoms with Gasteiger partial charge in [0, 0.05) is 10.3 Å². The predicted molar refractivity (Wildman–Crippen MR) is 90.5 cm³/mol. The molecule has 4 rings (SSSR count). The Kier molecular flexibility index (Phi) is 3.56. The molecule has 1 aliphatic carbocycles. The lowest BCUT2D eigenvalue weighted by atomic mass is 9.97. The summed E-state index contributed by atoms with van der Waals surface area (Å²) in [6.45, 7) is 0. The summed E-state index contributed by atoms with van der Waals surface area (Å²) in [7, 11) is 0. The van der Waals surface area contributed by atoms with Gasteiger partial charge in [-0.25, -0.2) is 4.98 Å². The molecular formula is C14H11ClN4OS2. The summed E-state index contributed by atoms with van der Waals surface area (Å²) in [6.07, 6.45) is 5.98. The van der Waals surface area contributed by atoms with Gasteiger partial charge in [-0.3, -0.25) is 4.79 Å². The van der Waals surface area contributed by atoms with E-state index in [1.165, 1.54) is 28.4 Å². The van der Waals surface area contributed by atoms with E-state index in [9.17, 15) is 4.79 Å². The van der Waals surface area contributed by atoms with Gasteiger partial charge in [0.25, 0.3) is 5.56 Å². The number of hydrogen-bond donors (Lipinski definition) is 1. The number of hydrogen-bond acceptors (Lipinski definition) is 6. The molecular weight excluding hydrogens is 340 g/mol. The molecule has 0 atom stereocenters. The normalized spacial score (nSPS) is 15.2. The van der Waals surface area contributed by atoms with Crippen LogP contribution in [0.5, 0.6) is 0 Å². The van der Waals surface area contributed by atoms with Gasteiger partial charge < -0.3 is 4.98 Å². The first kappa shape index (κ1) is 14.0. The minimum absolute atomic E-state index is 0.109. The zero-order valence-electron chi connectivity index (χ0n) is 11.4. The fourth-order valence-corrected chi connectivity index (χ4v) is 4.59. The van der Waals surface area contributed by atoms with Crippen molar-refractivity contribution in [2.45, 2.75) is 25.7 Å². The van der Waals surface area contributed by atoms with Crippen molar-refractivity contribution in [2.24, 2.45) is 0 Å². The Labute approximate surface area is 138 Å². The van der Waals surface area contributed by atoms with Crippen molar-refractivity contribution in [1.29, 1.82) is 0 Å². The molecule has 3 aromatic heterocycles. The van der Waals surface area contributed by atoms with Crippen LogP contribution in [0.25, 0.3) is 21.3 Å². The highest BCUT2D eigenvalue weighted by Crippen LogP contribution is 2.34. The van der Waals surface area contributed by atoms with Gasteiger partial charge in [0.15, 0.2) is 5.82 Å². The average Bonchev–Trinajstić information content (AvgIpc) is 3.13. The third-order valence-electron chi connectivity index (χ3n) is 3.70. The number of nitrogens with one attached hydrogen (secondary N) is 1. The number of aromatic amines is 1. The largest absolute Gasteiger partial charge is 0.305 e. The lowest BCUT2D eigenvalue weighted by Gasteiger charge is -2.09. The summed E-state index contributed by atoms with van der Waals surface area (Å²) in [5.74, 6) is 0.380. The quantitative estimate of drug-likeness (QED) is 0.768. The van der Waals surface area contributed by atoms with Gasteiger partial charge in [-0.15, -0.1) is 16.4 Å². The third-order valence-corrected chi connectivity index (χ3v) is 5.70. The molecule has 0 unspecified atom stereocenters. The van der Waals surface area contributed by atoms with E-state index < -0.39 is 0 Å². The summed E-state index contributed by atoms with van der Waals surface area (Å²) in [5, 5.41) is 6.79. The van der Waals surface area contributed by atoms with E-state index in [4.69, 9.17) is 11.6 Å². The van der Waals surface area contributed by atoms with Crippen LogP contribution in [0.4, 0.5) is 0 Å². The Morgan fingerprint density at radius 2 is 2.23 bits per heavy atom. The zero-order valence-corrected chi connectivity index (χ0v) is 13.8. The van der Waals surface area contributed by atoms with Gasteiger partial charge >= 0.3 is 0 Å². The summed E-state index contributed by atoms with van der Waals surface area (Å²) < 4.78 is 3.78. The lowest BCUT2D eigenvalue weighted by molar-refractivity contribution is 0.700. The highest BCUT2D eigenvalue weighted by molar-refractivity contribution is 7.18. The highest BCUT2D eigenvalue weighted by atomic mass is 35.5. The van der Waals surface area contributed by atoms with Gasteiger partial charge in [-0.05, 0) is 48.9 Å². The topological polar surface area (TPSA) is 71.5 Å². The number of rotatable bonds is 2. The van der Waals surface area contributed by atoms with E-state index in [0.717, 1.165) is 29.5 Å². The number of thiophene rings is 1. The SMILES string of the molecule is O=c1[nH]c(/C(Cl)=C/c2csnn2)nc2sc3c(c12)CCCC3. The first-order valence-electron chi connectivity index (χ1n) is 6.91. The number of fused-ring (bicyclic) bond motifs is 3. The Bertz CT molecular complexity index is 926. The maximum absolute atomic E-state index is 12.4. The van der Waals surface area contributed by atoms with Crippen LogP contribution >= 0.6 is 34.5 Å². The molecule has 3 heterocycles. The van der Waals surface area contributed by atoms with Crippen LogP contribution in [0.15, 0.2) is 10.2 Å². The summed E-state index contributed by atoms with van der Waals surface area (Å²) in [5.41, 5.74) is 1.72. The van der Waals surface area contributed by atoms with E-state index >= 15 is 0 Å². The monoisotopic (exact) mass is 350 g/mol. The Balaban J connectivity index is 1.85. The van der Waals surface area contributed by atoms with Gasteiger partial charge in [-0.1, -0.05) is 16.1 Å². The van der Waals surface area contributed by atoms with Crippen LogP contribution in [-0.4, -0.2) is 19.6 Å². The van der Waals surface area contributed by atoms with E-state index in [1.54, 1.807) is 22.8 Å². The van der Waals surface area contributed by atoms with Crippen molar-refractivity contribution >= 4 is 55.8 Å². The zero-order chi connectivity index (χ0) is 15.1. The summed E-state index contributed by atoms with van der Waals surface area (Å²) in [6, 6.07) is 0. The molecule has 0 radical (unpaired) electrons. The van der Waals surface area contributed by atoms with Crippen molar-refractivity contribution in [3.8, 4) is 0 Å². The van der Waals surface area contributed by atoms with E-state index in [-0.39, 0.29) is 5.56 Å². The summed E-state index contributed by atoms with van der Waals surface area (Å²) in [4.78, 5) is 21.8. The molecule has 0 bridgehead atoms. The van der Waals surface area contributed by atoms with Gasteiger partial charge in [0.1, 0.15) is 4.83 Å².